The molecule has 0 unspecified atom stereocenters. The van der Waals surface area contributed by atoms with Gasteiger partial charge in [0, 0.05) is 32.8 Å². The third kappa shape index (κ3) is 4.07. The van der Waals surface area contributed by atoms with Gasteiger partial charge in [-0.15, -0.1) is 0 Å². The van der Waals surface area contributed by atoms with E-state index in [0.29, 0.717) is 11.1 Å². The molecule has 0 bridgehead atoms. The molecule has 2 heterocycles. The zero-order valence-corrected chi connectivity index (χ0v) is 25.8. The first-order valence-corrected chi connectivity index (χ1v) is 15.9. The fourth-order valence-electron chi connectivity index (χ4n) is 7.35. The monoisotopic (exact) mass is 610 g/mol. The number of benzene rings is 7. The molecule has 4 nitrogen and oxygen atoms in total. The number of nitrogens with zero attached hydrogens (tertiary/aromatic N) is 4. The van der Waals surface area contributed by atoms with E-state index in [1.165, 1.54) is 10.8 Å². The molecule has 0 fully saturated rings. The van der Waals surface area contributed by atoms with Gasteiger partial charge in [-0.3, -0.25) is 0 Å². The van der Waals surface area contributed by atoms with E-state index in [2.05, 4.69) is 143 Å². The average molecular weight is 611 g/mol. The summed E-state index contributed by atoms with van der Waals surface area (Å²) < 4.78 is 4.57. The van der Waals surface area contributed by atoms with Crippen molar-refractivity contribution < 1.29 is 0 Å². The molecule has 7 aromatic carbocycles. The summed E-state index contributed by atoms with van der Waals surface area (Å²) in [4.78, 5) is 0. The van der Waals surface area contributed by atoms with Crippen LogP contribution in [0.15, 0.2) is 158 Å². The van der Waals surface area contributed by atoms with Gasteiger partial charge in [0.1, 0.15) is 0 Å². The number of nitriles is 2. The quantitative estimate of drug-likeness (QED) is 0.199. The highest BCUT2D eigenvalue weighted by Crippen LogP contribution is 2.41. The highest BCUT2D eigenvalue weighted by molar-refractivity contribution is 6.12. The normalized spacial score (nSPS) is 11.3. The molecule has 9 rings (SSSR count). The average Bonchev–Trinajstić information content (AvgIpc) is 3.68. The largest absolute Gasteiger partial charge is 0.309 e. The number of rotatable bonds is 4. The fourth-order valence-corrected chi connectivity index (χ4v) is 7.35. The lowest BCUT2D eigenvalue weighted by Gasteiger charge is -2.17. The first-order chi connectivity index (χ1) is 23.7. The maximum atomic E-state index is 9.94. The lowest BCUT2D eigenvalue weighted by molar-refractivity contribution is 1.18. The number of aromatic nitrogens is 2. The van der Waals surface area contributed by atoms with Crippen molar-refractivity contribution in [2.24, 2.45) is 0 Å². The molecule has 48 heavy (non-hydrogen) atoms. The van der Waals surface area contributed by atoms with E-state index in [9.17, 15) is 10.5 Å². The Labute approximate surface area is 277 Å². The van der Waals surface area contributed by atoms with Gasteiger partial charge in [-0.2, -0.15) is 10.5 Å². The van der Waals surface area contributed by atoms with Crippen LogP contribution in [0.3, 0.4) is 0 Å². The molecule has 0 aliphatic heterocycles. The van der Waals surface area contributed by atoms with Crippen molar-refractivity contribution in [1.82, 2.24) is 9.13 Å². The molecule has 9 aromatic rings. The van der Waals surface area contributed by atoms with Crippen molar-refractivity contribution in [1.29, 1.82) is 10.5 Å². The van der Waals surface area contributed by atoms with Crippen LogP contribution in [0, 0.1) is 22.7 Å². The Morgan fingerprint density at radius 3 is 1.71 bits per heavy atom. The molecule has 0 atom stereocenters. The third-order valence-corrected chi connectivity index (χ3v) is 9.42. The third-order valence-electron chi connectivity index (χ3n) is 9.42. The van der Waals surface area contributed by atoms with Gasteiger partial charge >= 0.3 is 0 Å². The molecule has 0 spiro atoms. The Morgan fingerprint density at radius 1 is 0.417 bits per heavy atom. The zero-order valence-electron chi connectivity index (χ0n) is 25.8. The van der Waals surface area contributed by atoms with Crippen LogP contribution in [0.2, 0.25) is 0 Å². The smallest absolute Gasteiger partial charge is 0.0998 e. The van der Waals surface area contributed by atoms with Gasteiger partial charge in [-0.05, 0) is 77.4 Å². The van der Waals surface area contributed by atoms with Crippen LogP contribution in [0.5, 0.6) is 0 Å². The van der Waals surface area contributed by atoms with Crippen molar-refractivity contribution in [3.8, 4) is 45.8 Å². The minimum absolute atomic E-state index is 0.610. The number of fused-ring (bicyclic) bond motifs is 6. The molecule has 2 aromatic heterocycles. The molecule has 0 saturated carbocycles. The second-order valence-electron chi connectivity index (χ2n) is 12.0. The summed E-state index contributed by atoms with van der Waals surface area (Å²) in [5, 5.41) is 24.3. The van der Waals surface area contributed by atoms with E-state index in [4.69, 9.17) is 0 Å². The number of hydrogen-bond donors (Lipinski definition) is 0. The Balaban J connectivity index is 1.24. The SMILES string of the molecule is N#Cc1ccc(-c2ccccc2-n2c3ccccc3c3ccccc32)c(-c2ccc(-n3c4ccccc4c4c(C#N)cccc43)cc2)c1. The molecule has 4 heteroatoms. The van der Waals surface area contributed by atoms with E-state index in [-0.39, 0.29) is 0 Å². The molecule has 0 amide bonds. The van der Waals surface area contributed by atoms with Gasteiger partial charge in [-0.1, -0.05) is 97.1 Å². The Hall–Kier alpha value is -6.88. The first-order valence-electron chi connectivity index (χ1n) is 15.9. The molecule has 0 N–H and O–H groups in total. The maximum Gasteiger partial charge on any atom is 0.0998 e. The van der Waals surface area contributed by atoms with Gasteiger partial charge in [0.2, 0.25) is 0 Å². The Morgan fingerprint density at radius 2 is 1.02 bits per heavy atom. The van der Waals surface area contributed by atoms with Crippen LogP contribution in [0.25, 0.3) is 77.2 Å². The van der Waals surface area contributed by atoms with Crippen molar-refractivity contribution >= 4 is 43.6 Å². The van der Waals surface area contributed by atoms with Gasteiger partial charge in [0.25, 0.3) is 0 Å². The standard InChI is InChI=1S/C44H26N4/c45-27-29-20-25-33(34-11-1-5-15-39(34)48-40-16-6-2-12-35(40)36-13-3-7-17-41(36)48)38(26-29)30-21-23-32(24-22-30)47-42-18-8-4-14-37(42)44-31(28-46)10-9-19-43(44)47/h1-26H. The molecule has 0 aliphatic carbocycles. The summed E-state index contributed by atoms with van der Waals surface area (Å²) in [6.07, 6.45) is 0. The summed E-state index contributed by atoms with van der Waals surface area (Å²) in [5.74, 6) is 0. The molecular weight excluding hydrogens is 585 g/mol. The minimum Gasteiger partial charge on any atom is -0.309 e. The van der Waals surface area contributed by atoms with Crippen LogP contribution in [0.1, 0.15) is 11.1 Å². The Kier molecular flexibility index (Phi) is 6.22. The zero-order chi connectivity index (χ0) is 32.2. The number of hydrogen-bond acceptors (Lipinski definition) is 2. The van der Waals surface area contributed by atoms with E-state index in [1.807, 2.05) is 36.4 Å². The number of para-hydroxylation sites is 4. The summed E-state index contributed by atoms with van der Waals surface area (Å²) in [6.45, 7) is 0. The summed E-state index contributed by atoms with van der Waals surface area (Å²) in [7, 11) is 0. The molecule has 0 aliphatic rings. The molecule has 0 saturated heterocycles. The van der Waals surface area contributed by atoms with Gasteiger partial charge in [0.15, 0.2) is 0 Å². The van der Waals surface area contributed by atoms with Crippen molar-refractivity contribution in [2.75, 3.05) is 0 Å². The lowest BCUT2D eigenvalue weighted by Crippen LogP contribution is -1.98. The van der Waals surface area contributed by atoms with Gasteiger partial charge in [0.05, 0.1) is 51.0 Å². The minimum atomic E-state index is 0.610. The van der Waals surface area contributed by atoms with Crippen LogP contribution < -0.4 is 0 Å². The van der Waals surface area contributed by atoms with Crippen molar-refractivity contribution in [3.05, 3.63) is 169 Å². The lowest BCUT2D eigenvalue weighted by atomic mass is 9.92. The highest BCUT2D eigenvalue weighted by atomic mass is 15.0. The highest BCUT2D eigenvalue weighted by Gasteiger charge is 2.19. The maximum absolute atomic E-state index is 9.94. The van der Waals surface area contributed by atoms with Crippen LogP contribution in [-0.2, 0) is 0 Å². The molecular formula is C44H26N4. The van der Waals surface area contributed by atoms with Gasteiger partial charge in [-0.25, -0.2) is 0 Å². The fraction of sp³-hybridized carbons (Fsp3) is 0. The van der Waals surface area contributed by atoms with E-state index in [0.717, 1.165) is 66.5 Å². The van der Waals surface area contributed by atoms with Crippen LogP contribution >= 0.6 is 0 Å². The summed E-state index contributed by atoms with van der Waals surface area (Å²) in [6, 6.07) is 59.0. The predicted octanol–water partition coefficient (Wildman–Crippen LogP) is 11.0. The van der Waals surface area contributed by atoms with Crippen LogP contribution in [-0.4, -0.2) is 9.13 Å². The van der Waals surface area contributed by atoms with E-state index < -0.39 is 0 Å². The second-order valence-corrected chi connectivity index (χ2v) is 12.0. The second kappa shape index (κ2) is 10.9. The molecule has 0 radical (unpaired) electrons. The predicted molar refractivity (Wildman–Crippen MR) is 195 cm³/mol. The Bertz CT molecular complexity index is 2750. The summed E-state index contributed by atoms with van der Waals surface area (Å²) >= 11 is 0. The van der Waals surface area contributed by atoms with Gasteiger partial charge < -0.3 is 9.13 Å². The summed E-state index contributed by atoms with van der Waals surface area (Å²) in [5.41, 5.74) is 11.8. The first kappa shape index (κ1) is 27.4. The van der Waals surface area contributed by atoms with E-state index in [1.54, 1.807) is 0 Å². The van der Waals surface area contributed by atoms with Crippen molar-refractivity contribution in [2.45, 2.75) is 0 Å². The molecule has 222 valence electrons. The van der Waals surface area contributed by atoms with Crippen molar-refractivity contribution in [3.63, 3.8) is 0 Å². The van der Waals surface area contributed by atoms with E-state index >= 15 is 0 Å². The topological polar surface area (TPSA) is 57.4 Å². The van der Waals surface area contributed by atoms with Crippen LogP contribution in [0.4, 0.5) is 0 Å².